The molecule has 2 heterocycles. The molecule has 3 aromatic rings. The van der Waals surface area contributed by atoms with Crippen molar-refractivity contribution in [2.24, 2.45) is 5.73 Å². The van der Waals surface area contributed by atoms with Gasteiger partial charge in [0.1, 0.15) is 0 Å². The van der Waals surface area contributed by atoms with E-state index in [1.165, 1.54) is 4.68 Å². The summed E-state index contributed by atoms with van der Waals surface area (Å²) in [5.74, 6) is -1.30. The topological polar surface area (TPSA) is 93.2 Å². The molecule has 0 bridgehead atoms. The molecule has 3 N–H and O–H groups in total. The molecule has 7 nitrogen and oxygen atoms in total. The summed E-state index contributed by atoms with van der Waals surface area (Å²) in [5.41, 5.74) is 9.87. The van der Waals surface area contributed by atoms with Crippen LogP contribution >= 0.6 is 34.8 Å². The molecule has 2 aromatic carbocycles. The SMILES string of the molecule is NC(=O)c1c(C(=O)NN2CCCCC2)nn(-c2ccc(Cl)cc2Cl)c1-c1ccc(Cl)cc1. The van der Waals surface area contributed by atoms with Crippen molar-refractivity contribution in [3.05, 3.63) is 68.8 Å². The van der Waals surface area contributed by atoms with Crippen LogP contribution in [0.25, 0.3) is 16.9 Å². The zero-order chi connectivity index (χ0) is 22.8. The van der Waals surface area contributed by atoms with Crippen LogP contribution in [0, 0.1) is 0 Å². The fourth-order valence-corrected chi connectivity index (χ4v) is 4.33. The number of hydrogen-bond acceptors (Lipinski definition) is 4. The summed E-state index contributed by atoms with van der Waals surface area (Å²) < 4.78 is 1.44. The first-order chi connectivity index (χ1) is 15.3. The Balaban J connectivity index is 1.89. The number of rotatable bonds is 5. The van der Waals surface area contributed by atoms with Gasteiger partial charge in [0.05, 0.1) is 22.0 Å². The van der Waals surface area contributed by atoms with Crippen molar-refractivity contribution in [1.82, 2.24) is 20.2 Å². The smallest absolute Gasteiger partial charge is 0.286 e. The van der Waals surface area contributed by atoms with Gasteiger partial charge in [-0.05, 0) is 43.2 Å². The first-order valence-corrected chi connectivity index (χ1v) is 11.2. The van der Waals surface area contributed by atoms with E-state index in [0.717, 1.165) is 32.4 Å². The highest BCUT2D eigenvalue weighted by molar-refractivity contribution is 6.35. The van der Waals surface area contributed by atoms with Gasteiger partial charge in [-0.25, -0.2) is 9.69 Å². The minimum absolute atomic E-state index is 0.00662. The van der Waals surface area contributed by atoms with E-state index in [2.05, 4.69) is 10.5 Å². The number of nitrogens with two attached hydrogens (primary N) is 1. The molecule has 1 aliphatic heterocycles. The fraction of sp³-hybridized carbons (Fsp3) is 0.227. The highest BCUT2D eigenvalue weighted by Gasteiger charge is 2.30. The molecule has 2 amide bonds. The van der Waals surface area contributed by atoms with E-state index in [1.54, 1.807) is 42.5 Å². The Morgan fingerprint density at radius 3 is 2.22 bits per heavy atom. The molecule has 166 valence electrons. The molecule has 0 aliphatic carbocycles. The fourth-order valence-electron chi connectivity index (χ4n) is 3.71. The van der Waals surface area contributed by atoms with Gasteiger partial charge in [0.25, 0.3) is 11.8 Å². The summed E-state index contributed by atoms with van der Waals surface area (Å²) in [6, 6.07) is 11.7. The average molecular weight is 493 g/mol. The molecular formula is C22H20Cl3N5O2. The first kappa shape index (κ1) is 22.6. The molecule has 4 rings (SSSR count). The van der Waals surface area contributed by atoms with Gasteiger partial charge in [-0.3, -0.25) is 15.0 Å². The van der Waals surface area contributed by atoms with Crippen LogP contribution in [0.15, 0.2) is 42.5 Å². The number of piperidine rings is 1. The van der Waals surface area contributed by atoms with Crippen LogP contribution in [-0.2, 0) is 0 Å². The molecule has 0 radical (unpaired) electrons. The highest BCUT2D eigenvalue weighted by atomic mass is 35.5. The molecule has 1 aliphatic rings. The van der Waals surface area contributed by atoms with Crippen molar-refractivity contribution in [2.75, 3.05) is 13.1 Å². The van der Waals surface area contributed by atoms with Gasteiger partial charge < -0.3 is 5.73 Å². The summed E-state index contributed by atoms with van der Waals surface area (Å²) in [5, 5.41) is 7.56. The number of carbonyl (C=O) groups excluding carboxylic acids is 2. The standard InChI is InChI=1S/C22H20Cl3N5O2/c23-14-6-4-13(5-7-14)20-18(21(26)31)19(22(32)28-29-10-2-1-3-11-29)27-30(20)17-9-8-15(24)12-16(17)25/h4-9,12H,1-3,10-11H2,(H2,26,31)(H,28,32). The lowest BCUT2D eigenvalue weighted by molar-refractivity contribution is 0.0740. The third-order valence-corrected chi connectivity index (χ3v) is 6.01. The summed E-state index contributed by atoms with van der Waals surface area (Å²) in [6.07, 6.45) is 3.07. The van der Waals surface area contributed by atoms with Crippen LogP contribution in [-0.4, -0.2) is 39.7 Å². The maximum atomic E-state index is 13.1. The number of benzene rings is 2. The predicted octanol–water partition coefficient (Wildman–Crippen LogP) is 4.73. The number of primary amides is 1. The Morgan fingerprint density at radius 1 is 0.938 bits per heavy atom. The summed E-state index contributed by atoms with van der Waals surface area (Å²) in [6.45, 7) is 1.46. The van der Waals surface area contributed by atoms with Crippen molar-refractivity contribution in [1.29, 1.82) is 0 Å². The van der Waals surface area contributed by atoms with Crippen LogP contribution in [0.5, 0.6) is 0 Å². The molecule has 10 heteroatoms. The first-order valence-electron chi connectivity index (χ1n) is 10.1. The Morgan fingerprint density at radius 2 is 1.59 bits per heavy atom. The molecular weight excluding hydrogens is 473 g/mol. The lowest BCUT2D eigenvalue weighted by Crippen LogP contribution is -2.45. The van der Waals surface area contributed by atoms with E-state index in [1.807, 2.05) is 5.01 Å². The van der Waals surface area contributed by atoms with Gasteiger partial charge >= 0.3 is 0 Å². The number of nitrogens with zero attached hydrogens (tertiary/aromatic N) is 3. The molecule has 0 unspecified atom stereocenters. The largest absolute Gasteiger partial charge is 0.365 e. The number of nitrogens with one attached hydrogen (secondary N) is 1. The van der Waals surface area contributed by atoms with E-state index in [4.69, 9.17) is 40.5 Å². The van der Waals surface area contributed by atoms with Crippen LogP contribution < -0.4 is 11.2 Å². The van der Waals surface area contributed by atoms with Crippen molar-refractivity contribution in [2.45, 2.75) is 19.3 Å². The van der Waals surface area contributed by atoms with Crippen LogP contribution in [0.3, 0.4) is 0 Å². The molecule has 1 aromatic heterocycles. The molecule has 0 atom stereocenters. The van der Waals surface area contributed by atoms with Gasteiger partial charge in [0.15, 0.2) is 5.69 Å². The molecule has 32 heavy (non-hydrogen) atoms. The average Bonchev–Trinajstić information content (AvgIpc) is 3.16. The number of halogens is 3. The van der Waals surface area contributed by atoms with E-state index < -0.39 is 11.8 Å². The van der Waals surface area contributed by atoms with Gasteiger partial charge in [0.2, 0.25) is 0 Å². The third kappa shape index (κ3) is 4.61. The lowest BCUT2D eigenvalue weighted by atomic mass is 10.0. The van der Waals surface area contributed by atoms with E-state index in [0.29, 0.717) is 32.0 Å². The van der Waals surface area contributed by atoms with E-state index in [-0.39, 0.29) is 11.3 Å². The maximum Gasteiger partial charge on any atom is 0.286 e. The van der Waals surface area contributed by atoms with Crippen molar-refractivity contribution in [3.8, 4) is 16.9 Å². The Kier molecular flexibility index (Phi) is 6.71. The lowest BCUT2D eigenvalue weighted by Gasteiger charge is -2.26. The van der Waals surface area contributed by atoms with Crippen LogP contribution in [0.4, 0.5) is 0 Å². The van der Waals surface area contributed by atoms with E-state index in [9.17, 15) is 9.59 Å². The summed E-state index contributed by atoms with van der Waals surface area (Å²) in [4.78, 5) is 25.7. The molecule has 1 saturated heterocycles. The molecule has 1 fully saturated rings. The summed E-state index contributed by atoms with van der Waals surface area (Å²) in [7, 11) is 0. The number of aromatic nitrogens is 2. The Hall–Kier alpha value is -2.58. The van der Waals surface area contributed by atoms with E-state index >= 15 is 0 Å². The minimum atomic E-state index is -0.782. The molecule has 0 saturated carbocycles. The summed E-state index contributed by atoms with van der Waals surface area (Å²) >= 11 is 18.5. The minimum Gasteiger partial charge on any atom is -0.365 e. The monoisotopic (exact) mass is 491 g/mol. The highest BCUT2D eigenvalue weighted by Crippen LogP contribution is 2.33. The number of hydrazine groups is 1. The van der Waals surface area contributed by atoms with Crippen LogP contribution in [0.2, 0.25) is 15.1 Å². The van der Waals surface area contributed by atoms with Crippen molar-refractivity contribution < 1.29 is 9.59 Å². The quantitative estimate of drug-likeness (QED) is 0.538. The van der Waals surface area contributed by atoms with Crippen molar-refractivity contribution >= 4 is 46.6 Å². The normalized spacial score (nSPS) is 14.3. The second-order valence-corrected chi connectivity index (χ2v) is 8.72. The zero-order valence-corrected chi connectivity index (χ0v) is 19.2. The predicted molar refractivity (Wildman–Crippen MR) is 125 cm³/mol. The zero-order valence-electron chi connectivity index (χ0n) is 16.9. The number of amides is 2. The Bertz CT molecular complexity index is 1170. The second kappa shape index (κ2) is 9.50. The maximum absolute atomic E-state index is 13.1. The van der Waals surface area contributed by atoms with Crippen LogP contribution in [0.1, 0.15) is 40.1 Å². The second-order valence-electron chi connectivity index (χ2n) is 7.44. The number of carbonyl (C=O) groups is 2. The van der Waals surface area contributed by atoms with Gasteiger partial charge in [-0.15, -0.1) is 0 Å². The molecule has 0 spiro atoms. The third-order valence-electron chi connectivity index (χ3n) is 5.22. The van der Waals surface area contributed by atoms with Crippen molar-refractivity contribution in [3.63, 3.8) is 0 Å². The van der Waals surface area contributed by atoms with Gasteiger partial charge in [-0.1, -0.05) is 53.4 Å². The van der Waals surface area contributed by atoms with Gasteiger partial charge in [-0.2, -0.15) is 5.10 Å². The van der Waals surface area contributed by atoms with Gasteiger partial charge in [0, 0.05) is 28.7 Å². The number of hydrogen-bond donors (Lipinski definition) is 2. The Labute approximate surface area is 200 Å².